The van der Waals surface area contributed by atoms with E-state index in [1.165, 1.54) is 25.7 Å². The van der Waals surface area contributed by atoms with Crippen molar-refractivity contribution in [3.8, 4) is 0 Å². The summed E-state index contributed by atoms with van der Waals surface area (Å²) in [4.78, 5) is 4.50. The molecule has 2 saturated carbocycles. The normalized spacial score (nSPS) is 19.7. The predicted octanol–water partition coefficient (Wildman–Crippen LogP) is 2.98. The molecule has 2 heterocycles. The van der Waals surface area contributed by atoms with Gasteiger partial charge in [0, 0.05) is 12.2 Å². The van der Waals surface area contributed by atoms with Gasteiger partial charge in [-0.2, -0.15) is 4.98 Å². The second kappa shape index (κ2) is 3.85. The van der Waals surface area contributed by atoms with E-state index in [2.05, 4.69) is 15.4 Å². The number of rotatable bonds is 4. The minimum Gasteiger partial charge on any atom is -0.350 e. The molecule has 2 fully saturated rings. The number of nitrogens with one attached hydrogen (secondary N) is 1. The third-order valence-electron chi connectivity index (χ3n) is 3.85. The molecule has 0 radical (unpaired) electrons. The van der Waals surface area contributed by atoms with Crippen LogP contribution in [0, 0.1) is 11.8 Å². The van der Waals surface area contributed by atoms with Crippen LogP contribution in [0.4, 0.5) is 5.95 Å². The van der Waals surface area contributed by atoms with Gasteiger partial charge in [-0.1, -0.05) is 11.6 Å². The van der Waals surface area contributed by atoms with Gasteiger partial charge in [-0.15, -0.1) is 5.10 Å². The third-order valence-corrected chi connectivity index (χ3v) is 4.07. The zero-order chi connectivity index (χ0) is 12.1. The summed E-state index contributed by atoms with van der Waals surface area (Å²) in [5, 5.41) is 8.65. The minimum atomic E-state index is 0.581. The highest BCUT2D eigenvalue weighted by Crippen LogP contribution is 2.45. The zero-order valence-corrected chi connectivity index (χ0v) is 10.8. The monoisotopic (exact) mass is 262 g/mol. The van der Waals surface area contributed by atoms with Crippen LogP contribution in [0.5, 0.6) is 0 Å². The molecule has 0 amide bonds. The number of fused-ring (bicyclic) bond motifs is 1. The van der Waals surface area contributed by atoms with Gasteiger partial charge in [-0.3, -0.25) is 0 Å². The summed E-state index contributed by atoms with van der Waals surface area (Å²) in [5.41, 5.74) is 0.840. The maximum atomic E-state index is 5.95. The van der Waals surface area contributed by atoms with Gasteiger partial charge >= 0.3 is 0 Å². The van der Waals surface area contributed by atoms with Crippen LogP contribution in [0.2, 0.25) is 5.02 Å². The molecule has 18 heavy (non-hydrogen) atoms. The Labute approximate surface area is 110 Å². The molecule has 0 saturated heterocycles. The van der Waals surface area contributed by atoms with E-state index in [1.54, 1.807) is 10.7 Å². The van der Waals surface area contributed by atoms with Crippen molar-refractivity contribution in [3.63, 3.8) is 0 Å². The minimum absolute atomic E-state index is 0.581. The first-order valence-corrected chi connectivity index (χ1v) is 6.96. The Morgan fingerprint density at radius 3 is 2.61 bits per heavy atom. The fraction of sp³-hybridized carbons (Fsp3) is 0.538. The zero-order valence-electron chi connectivity index (χ0n) is 10.0. The maximum absolute atomic E-state index is 5.95. The molecule has 5 heteroatoms. The van der Waals surface area contributed by atoms with Gasteiger partial charge in [-0.25, -0.2) is 4.52 Å². The van der Waals surface area contributed by atoms with Crippen molar-refractivity contribution in [3.05, 3.63) is 23.4 Å². The molecule has 2 aromatic rings. The molecule has 4 nitrogen and oxygen atoms in total. The van der Waals surface area contributed by atoms with Crippen molar-refractivity contribution >= 4 is 23.2 Å². The van der Waals surface area contributed by atoms with Gasteiger partial charge < -0.3 is 5.32 Å². The fourth-order valence-corrected chi connectivity index (χ4v) is 2.75. The van der Waals surface area contributed by atoms with Gasteiger partial charge in [0.1, 0.15) is 0 Å². The Hall–Kier alpha value is -1.29. The van der Waals surface area contributed by atoms with Crippen molar-refractivity contribution in [2.75, 3.05) is 5.32 Å². The van der Waals surface area contributed by atoms with Crippen molar-refractivity contribution in [2.45, 2.75) is 31.7 Å². The molecule has 0 bridgehead atoms. The van der Waals surface area contributed by atoms with Crippen LogP contribution in [-0.2, 0) is 0 Å². The first kappa shape index (κ1) is 10.6. The number of hydrogen-bond donors (Lipinski definition) is 1. The number of hydrogen-bond acceptors (Lipinski definition) is 3. The smallest absolute Gasteiger partial charge is 0.243 e. The lowest BCUT2D eigenvalue weighted by molar-refractivity contribution is 0.563. The third kappa shape index (κ3) is 1.94. The summed E-state index contributed by atoms with van der Waals surface area (Å²) in [6.07, 6.45) is 7.21. The van der Waals surface area contributed by atoms with Gasteiger partial charge in [0.25, 0.3) is 0 Å². The van der Waals surface area contributed by atoms with E-state index in [9.17, 15) is 0 Å². The Bertz CT molecular complexity index is 574. The van der Waals surface area contributed by atoms with Crippen LogP contribution in [0.3, 0.4) is 0 Å². The van der Waals surface area contributed by atoms with Crippen molar-refractivity contribution in [2.24, 2.45) is 11.8 Å². The summed E-state index contributed by atoms with van der Waals surface area (Å²) in [7, 11) is 0. The molecular weight excluding hydrogens is 248 g/mol. The van der Waals surface area contributed by atoms with E-state index < -0.39 is 0 Å². The highest BCUT2D eigenvalue weighted by Gasteiger charge is 2.41. The summed E-state index contributed by atoms with van der Waals surface area (Å²) in [5.74, 6) is 2.42. The van der Waals surface area contributed by atoms with Crippen molar-refractivity contribution in [1.29, 1.82) is 0 Å². The molecule has 0 atom stereocenters. The van der Waals surface area contributed by atoms with Crippen LogP contribution in [0.15, 0.2) is 18.3 Å². The Kier molecular flexibility index (Phi) is 2.27. The lowest BCUT2D eigenvalue weighted by Gasteiger charge is -2.15. The Balaban J connectivity index is 1.61. The van der Waals surface area contributed by atoms with Crippen LogP contribution < -0.4 is 5.32 Å². The van der Waals surface area contributed by atoms with Gasteiger partial charge in [0.15, 0.2) is 5.65 Å². The maximum Gasteiger partial charge on any atom is 0.243 e. The SMILES string of the molecule is Clc1ccc2nc(NC(C3CC3)C3CC3)nn2c1. The van der Waals surface area contributed by atoms with Crippen molar-refractivity contribution in [1.82, 2.24) is 14.6 Å². The summed E-state index contributed by atoms with van der Waals surface area (Å²) in [6, 6.07) is 4.32. The molecule has 0 aromatic carbocycles. The fourth-order valence-electron chi connectivity index (χ4n) is 2.60. The van der Waals surface area contributed by atoms with Crippen LogP contribution in [0.25, 0.3) is 5.65 Å². The summed E-state index contributed by atoms with van der Waals surface area (Å²) >= 11 is 5.95. The predicted molar refractivity (Wildman–Crippen MR) is 70.9 cm³/mol. The topological polar surface area (TPSA) is 42.2 Å². The van der Waals surface area contributed by atoms with E-state index in [0.717, 1.165) is 23.4 Å². The molecule has 94 valence electrons. The van der Waals surface area contributed by atoms with E-state index >= 15 is 0 Å². The molecule has 0 spiro atoms. The van der Waals surface area contributed by atoms with Gasteiger partial charge in [-0.05, 0) is 49.7 Å². The summed E-state index contributed by atoms with van der Waals surface area (Å²) < 4.78 is 1.74. The molecule has 2 aliphatic rings. The second-order valence-electron chi connectivity index (χ2n) is 5.43. The number of aromatic nitrogens is 3. The standard InChI is InChI=1S/C13H15ClN4/c14-10-5-6-11-15-13(17-18(11)7-10)16-12(8-1-2-8)9-3-4-9/h5-9,12H,1-4H2,(H,16,17). The Morgan fingerprint density at radius 1 is 1.22 bits per heavy atom. The first-order valence-electron chi connectivity index (χ1n) is 6.58. The molecule has 2 aliphatic carbocycles. The van der Waals surface area contributed by atoms with Gasteiger partial charge in [0.2, 0.25) is 5.95 Å². The van der Waals surface area contributed by atoms with E-state index in [-0.39, 0.29) is 0 Å². The number of nitrogens with zero attached hydrogens (tertiary/aromatic N) is 3. The molecular formula is C13H15ClN4. The van der Waals surface area contributed by atoms with E-state index in [4.69, 9.17) is 11.6 Å². The molecule has 0 aliphatic heterocycles. The van der Waals surface area contributed by atoms with Crippen LogP contribution in [-0.4, -0.2) is 20.6 Å². The van der Waals surface area contributed by atoms with Crippen LogP contribution >= 0.6 is 11.6 Å². The highest BCUT2D eigenvalue weighted by atomic mass is 35.5. The number of anilines is 1. The Morgan fingerprint density at radius 2 is 1.94 bits per heavy atom. The largest absolute Gasteiger partial charge is 0.350 e. The average Bonchev–Trinajstić information content (AvgIpc) is 3.23. The van der Waals surface area contributed by atoms with Crippen LogP contribution in [0.1, 0.15) is 25.7 Å². The number of halogens is 1. The summed E-state index contributed by atoms with van der Waals surface area (Å²) in [6.45, 7) is 0. The quantitative estimate of drug-likeness (QED) is 0.921. The number of pyridine rings is 1. The molecule has 2 aromatic heterocycles. The second-order valence-corrected chi connectivity index (χ2v) is 5.87. The van der Waals surface area contributed by atoms with E-state index in [0.29, 0.717) is 11.1 Å². The van der Waals surface area contributed by atoms with E-state index in [1.807, 2.05) is 12.1 Å². The lowest BCUT2D eigenvalue weighted by Crippen LogP contribution is -2.24. The first-order chi connectivity index (χ1) is 8.79. The molecule has 0 unspecified atom stereocenters. The highest BCUT2D eigenvalue weighted by molar-refractivity contribution is 6.30. The molecule has 4 rings (SSSR count). The average molecular weight is 263 g/mol. The lowest BCUT2D eigenvalue weighted by atomic mass is 10.1. The molecule has 1 N–H and O–H groups in total. The van der Waals surface area contributed by atoms with Crippen molar-refractivity contribution < 1.29 is 0 Å². The van der Waals surface area contributed by atoms with Gasteiger partial charge in [0.05, 0.1) is 5.02 Å².